The van der Waals surface area contributed by atoms with Crippen molar-refractivity contribution in [3.05, 3.63) is 33.8 Å². The Morgan fingerprint density at radius 1 is 1.35 bits per heavy atom. The molecule has 0 aromatic heterocycles. The Morgan fingerprint density at radius 2 is 2.06 bits per heavy atom. The van der Waals surface area contributed by atoms with Crippen molar-refractivity contribution in [3.8, 4) is 0 Å². The average Bonchev–Trinajstić information content (AvgIpc) is 2.69. The first-order chi connectivity index (χ1) is 7.99. The third-order valence-electron chi connectivity index (χ3n) is 2.98. The molecule has 1 heterocycles. The van der Waals surface area contributed by atoms with Crippen LogP contribution in [0.4, 0.5) is 8.78 Å². The highest BCUT2D eigenvalue weighted by molar-refractivity contribution is 9.10. The topological polar surface area (TPSA) is 9.23 Å². The van der Waals surface area contributed by atoms with Gasteiger partial charge in [-0.25, -0.2) is 8.78 Å². The summed E-state index contributed by atoms with van der Waals surface area (Å²) < 4.78 is 32.8. The van der Waals surface area contributed by atoms with Crippen LogP contribution in [0.25, 0.3) is 0 Å². The predicted molar refractivity (Wildman–Crippen MR) is 69.2 cm³/mol. The van der Waals surface area contributed by atoms with Gasteiger partial charge in [-0.1, -0.05) is 15.9 Å². The van der Waals surface area contributed by atoms with Crippen molar-refractivity contribution >= 4 is 31.9 Å². The normalized spacial score (nSPS) is 26.2. The molecule has 94 valence electrons. The minimum absolute atomic E-state index is 0.148. The summed E-state index contributed by atoms with van der Waals surface area (Å²) >= 11 is 6.42. The van der Waals surface area contributed by atoms with Crippen LogP contribution >= 0.6 is 31.9 Å². The number of rotatable bonds is 2. The molecule has 0 N–H and O–H groups in total. The second kappa shape index (κ2) is 5.33. The molecule has 1 aliphatic rings. The summed E-state index contributed by atoms with van der Waals surface area (Å²) in [6, 6.07) is 2.40. The van der Waals surface area contributed by atoms with Crippen LogP contribution in [0, 0.1) is 17.6 Å². The lowest BCUT2D eigenvalue weighted by molar-refractivity contribution is 0.120. The first kappa shape index (κ1) is 13.4. The monoisotopic (exact) mass is 368 g/mol. The summed E-state index contributed by atoms with van der Waals surface area (Å²) in [4.78, 5) is -0.213. The molecule has 0 spiro atoms. The predicted octanol–water partition coefficient (Wildman–Crippen LogP) is 4.59. The molecule has 1 nitrogen and oxygen atoms in total. The molecular weight excluding hydrogens is 358 g/mol. The summed E-state index contributed by atoms with van der Waals surface area (Å²) in [5, 5.41) is 0. The summed E-state index contributed by atoms with van der Waals surface area (Å²) in [5.41, 5.74) is 0.355. The Balaban J connectivity index is 2.24. The molecule has 1 saturated heterocycles. The van der Waals surface area contributed by atoms with Gasteiger partial charge >= 0.3 is 0 Å². The molecule has 1 fully saturated rings. The van der Waals surface area contributed by atoms with E-state index in [2.05, 4.69) is 31.9 Å². The lowest BCUT2D eigenvalue weighted by atomic mass is 9.96. The second-order valence-electron chi connectivity index (χ2n) is 4.33. The van der Waals surface area contributed by atoms with Gasteiger partial charge in [0.1, 0.15) is 11.6 Å². The number of hydrogen-bond donors (Lipinski definition) is 0. The smallest absolute Gasteiger partial charge is 0.137 e. The van der Waals surface area contributed by atoms with Crippen LogP contribution in [-0.2, 0) is 4.74 Å². The van der Waals surface area contributed by atoms with Gasteiger partial charge in [0.15, 0.2) is 0 Å². The highest BCUT2D eigenvalue weighted by Gasteiger charge is 2.30. The van der Waals surface area contributed by atoms with E-state index in [1.807, 2.05) is 6.92 Å². The first-order valence-electron chi connectivity index (χ1n) is 5.39. The van der Waals surface area contributed by atoms with Crippen molar-refractivity contribution in [2.45, 2.75) is 24.3 Å². The molecule has 2 rings (SSSR count). The van der Waals surface area contributed by atoms with Gasteiger partial charge in [-0.15, -0.1) is 0 Å². The van der Waals surface area contributed by atoms with Crippen LogP contribution in [0.3, 0.4) is 0 Å². The zero-order valence-electron chi connectivity index (χ0n) is 9.22. The van der Waals surface area contributed by atoms with Gasteiger partial charge in [0.25, 0.3) is 0 Å². The fraction of sp³-hybridized carbons (Fsp3) is 0.500. The zero-order chi connectivity index (χ0) is 12.6. The standard InChI is InChI=1S/C12H12Br2F2O/c1-6-2-7(5-17-6)12(14)8-3-11(16)9(13)4-10(8)15/h3-4,6-7,12H,2,5H2,1H3. The third kappa shape index (κ3) is 2.88. The van der Waals surface area contributed by atoms with Crippen molar-refractivity contribution in [1.29, 1.82) is 0 Å². The molecule has 1 aliphatic heterocycles. The zero-order valence-corrected chi connectivity index (χ0v) is 12.4. The Labute approximate surface area is 116 Å². The van der Waals surface area contributed by atoms with E-state index in [-0.39, 0.29) is 21.3 Å². The lowest BCUT2D eigenvalue weighted by Crippen LogP contribution is -2.09. The molecule has 0 radical (unpaired) electrons. The van der Waals surface area contributed by atoms with Crippen molar-refractivity contribution in [1.82, 2.24) is 0 Å². The largest absolute Gasteiger partial charge is 0.378 e. The van der Waals surface area contributed by atoms with Gasteiger partial charge in [0, 0.05) is 16.3 Å². The quantitative estimate of drug-likeness (QED) is 0.547. The highest BCUT2D eigenvalue weighted by Crippen LogP contribution is 2.39. The fourth-order valence-electron chi connectivity index (χ4n) is 2.06. The van der Waals surface area contributed by atoms with E-state index < -0.39 is 11.6 Å². The van der Waals surface area contributed by atoms with Gasteiger partial charge in [0.2, 0.25) is 0 Å². The van der Waals surface area contributed by atoms with Crippen LogP contribution in [0.1, 0.15) is 23.7 Å². The SMILES string of the molecule is CC1CC(C(Br)c2cc(F)c(Br)cc2F)CO1. The van der Waals surface area contributed by atoms with Crippen molar-refractivity contribution in [2.24, 2.45) is 5.92 Å². The van der Waals surface area contributed by atoms with Gasteiger partial charge in [-0.05, 0) is 41.4 Å². The number of ether oxygens (including phenoxy) is 1. The number of alkyl halides is 1. The molecule has 3 unspecified atom stereocenters. The molecule has 0 bridgehead atoms. The maximum Gasteiger partial charge on any atom is 0.137 e. The van der Waals surface area contributed by atoms with Gasteiger partial charge < -0.3 is 4.74 Å². The third-order valence-corrected chi connectivity index (χ3v) is 4.83. The molecule has 0 aliphatic carbocycles. The fourth-order valence-corrected chi connectivity index (χ4v) is 3.09. The van der Waals surface area contributed by atoms with Crippen LogP contribution in [0.2, 0.25) is 0 Å². The van der Waals surface area contributed by atoms with Crippen LogP contribution < -0.4 is 0 Å². The van der Waals surface area contributed by atoms with Gasteiger partial charge in [-0.3, -0.25) is 0 Å². The van der Waals surface area contributed by atoms with Crippen molar-refractivity contribution in [3.63, 3.8) is 0 Å². The van der Waals surface area contributed by atoms with E-state index in [1.54, 1.807) is 0 Å². The van der Waals surface area contributed by atoms with E-state index in [0.29, 0.717) is 12.2 Å². The Kier molecular flexibility index (Phi) is 4.21. The molecule has 3 atom stereocenters. The summed E-state index contributed by atoms with van der Waals surface area (Å²) in [5.74, 6) is -0.669. The average molecular weight is 370 g/mol. The van der Waals surface area contributed by atoms with Gasteiger partial charge in [0.05, 0.1) is 17.2 Å². The summed E-state index contributed by atoms with van der Waals surface area (Å²) in [7, 11) is 0. The number of halogens is 4. The molecule has 17 heavy (non-hydrogen) atoms. The first-order valence-corrected chi connectivity index (χ1v) is 7.10. The minimum atomic E-state index is -0.446. The summed E-state index contributed by atoms with van der Waals surface area (Å²) in [6.45, 7) is 2.56. The maximum atomic E-state index is 13.8. The molecule has 0 amide bonds. The van der Waals surface area contributed by atoms with Crippen molar-refractivity contribution < 1.29 is 13.5 Å². The van der Waals surface area contributed by atoms with Crippen LogP contribution in [-0.4, -0.2) is 12.7 Å². The van der Waals surface area contributed by atoms with Gasteiger partial charge in [-0.2, -0.15) is 0 Å². The highest BCUT2D eigenvalue weighted by atomic mass is 79.9. The second-order valence-corrected chi connectivity index (χ2v) is 6.17. The molecule has 5 heteroatoms. The molecule has 0 saturated carbocycles. The Morgan fingerprint density at radius 3 is 2.65 bits per heavy atom. The van der Waals surface area contributed by atoms with Crippen LogP contribution in [0.5, 0.6) is 0 Å². The lowest BCUT2D eigenvalue weighted by Gasteiger charge is -2.17. The van der Waals surface area contributed by atoms with E-state index >= 15 is 0 Å². The summed E-state index contributed by atoms with van der Waals surface area (Å²) in [6.07, 6.45) is 1.04. The Hall–Kier alpha value is -0.0000000000000000763. The Bertz CT molecular complexity index is 425. The molecule has 1 aromatic carbocycles. The number of hydrogen-bond acceptors (Lipinski definition) is 1. The van der Waals surface area contributed by atoms with Crippen LogP contribution in [0.15, 0.2) is 16.6 Å². The van der Waals surface area contributed by atoms with E-state index in [9.17, 15) is 8.78 Å². The minimum Gasteiger partial charge on any atom is -0.378 e. The van der Waals surface area contributed by atoms with E-state index in [0.717, 1.165) is 12.5 Å². The van der Waals surface area contributed by atoms with E-state index in [1.165, 1.54) is 6.07 Å². The molecule has 1 aromatic rings. The molecular formula is C12H12Br2F2O. The van der Waals surface area contributed by atoms with Crippen molar-refractivity contribution in [2.75, 3.05) is 6.61 Å². The number of benzene rings is 1. The maximum absolute atomic E-state index is 13.8. The van der Waals surface area contributed by atoms with E-state index in [4.69, 9.17) is 4.74 Å².